The molecule has 1 unspecified atom stereocenters. The molecule has 2 fully saturated rings. The number of ether oxygens (including phenoxy) is 4. The van der Waals surface area contributed by atoms with E-state index in [4.69, 9.17) is 35.5 Å². The number of rotatable bonds is 12. The van der Waals surface area contributed by atoms with Crippen LogP contribution in [0, 0.1) is 17.2 Å². The largest absolute Gasteiger partial charge is 0.493 e. The topological polar surface area (TPSA) is 118 Å². The first-order valence-electron chi connectivity index (χ1n) is 15.2. The summed E-state index contributed by atoms with van der Waals surface area (Å²) in [6, 6.07) is 11.3. The summed E-state index contributed by atoms with van der Waals surface area (Å²) < 4.78 is 22.8. The molecule has 12 heteroatoms. The molecule has 235 valence electrons. The van der Waals surface area contributed by atoms with Crippen molar-refractivity contribution in [1.29, 1.82) is 5.26 Å². The smallest absolute Gasteiger partial charge is 0.248 e. The Morgan fingerprint density at radius 3 is 2.73 bits per heavy atom. The first-order chi connectivity index (χ1) is 21.9. The Bertz CT molecular complexity index is 1580. The highest BCUT2D eigenvalue weighted by Crippen LogP contribution is 2.39. The first-order valence-corrected chi connectivity index (χ1v) is 16.2. The molecule has 5 rings (SSSR count). The number of pyridine rings is 1. The van der Waals surface area contributed by atoms with E-state index in [-0.39, 0.29) is 17.6 Å². The predicted octanol–water partition coefficient (Wildman–Crippen LogP) is 5.20. The van der Waals surface area contributed by atoms with Crippen molar-refractivity contribution in [2.45, 2.75) is 32.4 Å². The monoisotopic (exact) mass is 646 g/mol. The average molecular weight is 647 g/mol. The lowest BCUT2D eigenvalue weighted by molar-refractivity contribution is -0.111. The van der Waals surface area contributed by atoms with Gasteiger partial charge in [-0.25, -0.2) is 0 Å². The van der Waals surface area contributed by atoms with Crippen LogP contribution in [0.15, 0.2) is 42.5 Å². The second-order valence-electron chi connectivity index (χ2n) is 10.8. The van der Waals surface area contributed by atoms with E-state index in [2.05, 4.69) is 31.8 Å². The van der Waals surface area contributed by atoms with Crippen molar-refractivity contribution in [3.05, 3.63) is 58.8 Å². The standard InChI is InChI=1S/C33H37ClN5O5Si/c1-3-26-24(19-35)32(36-22-7-8-29(25(34)16-22)44-33(45)21-9-13-42-20-21)23-17-28(30(43-4-2)18-27(23)37-26)38-31(40)6-5-10-39-11-14-41-15-12-39/h5-8,16-18,21,33H,3-4,9-15,20H2,1-2H3,(H,36,37)(H,38,40)/b6-5+/t21-,33?/m0/s1. The Hall–Kier alpha value is -3.66. The highest BCUT2D eigenvalue weighted by atomic mass is 35.5. The number of fused-ring (bicyclic) bond motifs is 1. The van der Waals surface area contributed by atoms with Gasteiger partial charge in [-0.3, -0.25) is 14.7 Å². The minimum atomic E-state index is -0.284. The molecule has 2 aromatic carbocycles. The molecule has 1 aromatic heterocycles. The Labute approximate surface area is 272 Å². The SMILES string of the molecule is CCOc1cc2nc(CC)c(C#N)c(Nc3ccc(OC([Si])[C@H]4CCOC4)c(Cl)c3)c2cc1NC(=O)/C=C/CN1CCOCC1. The van der Waals surface area contributed by atoms with Gasteiger partial charge in [0.2, 0.25) is 5.91 Å². The number of halogens is 1. The molecule has 3 radical (unpaired) electrons. The van der Waals surface area contributed by atoms with Gasteiger partial charge in [0, 0.05) is 55.4 Å². The Balaban J connectivity index is 1.44. The molecule has 2 aliphatic rings. The van der Waals surface area contributed by atoms with Crippen LogP contribution in [-0.2, 0) is 20.7 Å². The number of hydrogen-bond donors (Lipinski definition) is 2. The summed E-state index contributed by atoms with van der Waals surface area (Å²) in [7, 11) is 3.67. The minimum Gasteiger partial charge on any atom is -0.493 e. The number of anilines is 3. The number of morpholine rings is 1. The van der Waals surface area contributed by atoms with Crippen LogP contribution >= 0.6 is 11.6 Å². The molecule has 2 atom stereocenters. The number of nitriles is 1. The fourth-order valence-corrected chi connectivity index (χ4v) is 5.95. The van der Waals surface area contributed by atoms with Gasteiger partial charge in [-0.05, 0) is 44.0 Å². The summed E-state index contributed by atoms with van der Waals surface area (Å²) in [4.78, 5) is 20.0. The van der Waals surface area contributed by atoms with Gasteiger partial charge in [-0.15, -0.1) is 0 Å². The van der Waals surface area contributed by atoms with Crippen LogP contribution in [0.4, 0.5) is 17.1 Å². The molecule has 10 nitrogen and oxygen atoms in total. The second-order valence-corrected chi connectivity index (χ2v) is 11.8. The van der Waals surface area contributed by atoms with Gasteiger partial charge in [0.25, 0.3) is 0 Å². The third kappa shape index (κ3) is 8.14. The van der Waals surface area contributed by atoms with Gasteiger partial charge in [0.1, 0.15) is 17.6 Å². The van der Waals surface area contributed by atoms with Crippen molar-refractivity contribution in [1.82, 2.24) is 9.88 Å². The fourth-order valence-electron chi connectivity index (χ4n) is 5.33. The lowest BCUT2D eigenvalue weighted by Gasteiger charge is -2.25. The van der Waals surface area contributed by atoms with Gasteiger partial charge in [0.05, 0.1) is 75.6 Å². The van der Waals surface area contributed by atoms with Crippen LogP contribution in [0.3, 0.4) is 0 Å². The molecule has 3 aromatic rings. The zero-order valence-electron chi connectivity index (χ0n) is 25.5. The summed E-state index contributed by atoms with van der Waals surface area (Å²) in [6.45, 7) is 9.31. The van der Waals surface area contributed by atoms with Crippen molar-refractivity contribution in [2.75, 3.05) is 63.3 Å². The quantitative estimate of drug-likeness (QED) is 0.202. The summed E-state index contributed by atoms with van der Waals surface area (Å²) in [5.74, 6) is 0.983. The third-order valence-electron chi connectivity index (χ3n) is 7.75. The lowest BCUT2D eigenvalue weighted by Crippen LogP contribution is -2.36. The van der Waals surface area contributed by atoms with Crippen molar-refractivity contribution >= 4 is 55.7 Å². The van der Waals surface area contributed by atoms with Gasteiger partial charge >= 0.3 is 0 Å². The highest BCUT2D eigenvalue weighted by Gasteiger charge is 2.25. The van der Waals surface area contributed by atoms with E-state index in [1.807, 2.05) is 26.0 Å². The van der Waals surface area contributed by atoms with Gasteiger partial charge in [0.15, 0.2) is 0 Å². The molecule has 0 spiro atoms. The number of amides is 1. The fraction of sp³-hybridized carbons (Fsp3) is 0.424. The molecular weight excluding hydrogens is 610 g/mol. The van der Waals surface area contributed by atoms with Crippen molar-refractivity contribution in [2.24, 2.45) is 5.92 Å². The summed E-state index contributed by atoms with van der Waals surface area (Å²) in [5.41, 5.74) is 3.16. The number of nitrogens with zero attached hydrogens (tertiary/aromatic N) is 3. The van der Waals surface area contributed by atoms with E-state index in [0.717, 1.165) is 26.1 Å². The Kier molecular flexibility index (Phi) is 11.3. The Morgan fingerprint density at radius 1 is 1.22 bits per heavy atom. The maximum Gasteiger partial charge on any atom is 0.248 e. The van der Waals surface area contributed by atoms with E-state index >= 15 is 0 Å². The lowest BCUT2D eigenvalue weighted by atomic mass is 10.0. The highest BCUT2D eigenvalue weighted by molar-refractivity contribution is 6.32. The van der Waals surface area contributed by atoms with Gasteiger partial charge in [-0.1, -0.05) is 24.6 Å². The van der Waals surface area contributed by atoms with Crippen molar-refractivity contribution in [3.63, 3.8) is 0 Å². The van der Waals surface area contributed by atoms with Crippen molar-refractivity contribution in [3.8, 4) is 17.6 Å². The van der Waals surface area contributed by atoms with Crippen molar-refractivity contribution < 1.29 is 23.7 Å². The molecule has 0 saturated carbocycles. The second kappa shape index (κ2) is 15.6. The molecular formula is C33H37ClN5O5Si. The number of hydrogen-bond acceptors (Lipinski definition) is 9. The molecule has 1 amide bonds. The van der Waals surface area contributed by atoms with E-state index < -0.39 is 0 Å². The maximum absolute atomic E-state index is 13.0. The number of benzene rings is 2. The number of aryl methyl sites for hydroxylation is 1. The van der Waals surface area contributed by atoms with Crippen LogP contribution in [0.1, 0.15) is 31.5 Å². The molecule has 2 aliphatic heterocycles. The van der Waals surface area contributed by atoms with Crippen LogP contribution in [0.2, 0.25) is 5.02 Å². The number of carbonyl (C=O) groups is 1. The molecule has 0 bridgehead atoms. The van der Waals surface area contributed by atoms with Crippen LogP contribution in [-0.4, -0.2) is 84.4 Å². The van der Waals surface area contributed by atoms with E-state index in [9.17, 15) is 10.1 Å². The normalized spacial score (nSPS) is 17.7. The molecule has 3 heterocycles. The predicted molar refractivity (Wildman–Crippen MR) is 176 cm³/mol. The molecule has 2 N–H and O–H groups in total. The first kappa shape index (κ1) is 32.7. The zero-order chi connectivity index (χ0) is 31.8. The summed E-state index contributed by atoms with van der Waals surface area (Å²) >= 11 is 6.65. The van der Waals surface area contributed by atoms with Crippen LogP contribution < -0.4 is 20.1 Å². The number of aromatic nitrogens is 1. The number of carbonyl (C=O) groups excluding carboxylic acids is 1. The maximum atomic E-state index is 13.0. The average Bonchev–Trinajstić information content (AvgIpc) is 3.59. The molecule has 45 heavy (non-hydrogen) atoms. The summed E-state index contributed by atoms with van der Waals surface area (Å²) in [6.07, 6.45) is 4.83. The minimum absolute atomic E-state index is 0.229. The van der Waals surface area contributed by atoms with Crippen LogP contribution in [0.25, 0.3) is 10.9 Å². The summed E-state index contributed by atoms with van der Waals surface area (Å²) in [5, 5.41) is 17.7. The zero-order valence-corrected chi connectivity index (χ0v) is 27.3. The van der Waals surface area contributed by atoms with E-state index in [1.165, 1.54) is 6.08 Å². The van der Waals surface area contributed by atoms with E-state index in [1.54, 1.807) is 24.3 Å². The van der Waals surface area contributed by atoms with Gasteiger partial charge in [-0.2, -0.15) is 5.26 Å². The third-order valence-corrected chi connectivity index (χ3v) is 8.64. The molecule has 2 saturated heterocycles. The molecule has 0 aliphatic carbocycles. The number of nitrogens with one attached hydrogen (secondary N) is 2. The Morgan fingerprint density at radius 2 is 2.04 bits per heavy atom. The van der Waals surface area contributed by atoms with Crippen LogP contribution in [0.5, 0.6) is 11.5 Å². The van der Waals surface area contributed by atoms with E-state index in [0.29, 0.717) is 95.1 Å². The van der Waals surface area contributed by atoms with Gasteiger partial charge < -0.3 is 29.6 Å².